The van der Waals surface area contributed by atoms with E-state index in [1.807, 2.05) is 37.3 Å². The number of amides is 1. The Morgan fingerprint density at radius 2 is 1.88 bits per heavy atom. The van der Waals surface area contributed by atoms with E-state index in [1.54, 1.807) is 4.90 Å². The molecule has 3 rings (SSSR count). The number of ether oxygens (including phenoxy) is 1. The van der Waals surface area contributed by atoms with Crippen LogP contribution in [0.1, 0.15) is 25.0 Å². The van der Waals surface area contributed by atoms with Gasteiger partial charge in [-0.3, -0.25) is 4.79 Å². The summed E-state index contributed by atoms with van der Waals surface area (Å²) in [5.74, 6) is -0.226. The first-order valence-corrected chi connectivity index (χ1v) is 8.20. The lowest BCUT2D eigenvalue weighted by Crippen LogP contribution is -2.48. The summed E-state index contributed by atoms with van der Waals surface area (Å²) >= 11 is 0. The maximum atomic E-state index is 12.8. The largest absolute Gasteiger partial charge is 0.390 e. The van der Waals surface area contributed by atoms with Crippen molar-refractivity contribution in [3.8, 4) is 0 Å². The van der Waals surface area contributed by atoms with Gasteiger partial charge in [0, 0.05) is 18.5 Å². The average molecular weight is 333 g/mol. The van der Waals surface area contributed by atoms with Gasteiger partial charge in [0.2, 0.25) is 5.91 Å². The molecule has 1 fully saturated rings. The number of carbonyl (C=O) groups excluding carboxylic acids is 1. The molecule has 0 aromatic heterocycles. The summed E-state index contributed by atoms with van der Waals surface area (Å²) in [6.07, 6.45) is -2.54. The van der Waals surface area contributed by atoms with Crippen molar-refractivity contribution in [1.82, 2.24) is 4.90 Å². The van der Waals surface area contributed by atoms with Gasteiger partial charge in [0.15, 0.2) is 0 Å². The fourth-order valence-electron chi connectivity index (χ4n) is 3.28. The number of rotatable bonds is 2. The highest BCUT2D eigenvalue weighted by Gasteiger charge is 2.35. The van der Waals surface area contributed by atoms with Crippen LogP contribution in [0.25, 0.3) is 0 Å². The van der Waals surface area contributed by atoms with E-state index in [0.29, 0.717) is 18.7 Å². The number of nitrogens with zero attached hydrogens (tertiary/aromatic N) is 1. The fraction of sp³-hybridized carbons (Fsp3) is 0.500. The van der Waals surface area contributed by atoms with Crippen LogP contribution in [0, 0.1) is 0 Å². The second-order valence-electron chi connectivity index (χ2n) is 6.50. The Labute approximate surface area is 141 Å². The highest BCUT2D eigenvalue weighted by Crippen LogP contribution is 2.28. The zero-order valence-corrected chi connectivity index (χ0v) is 13.6. The lowest BCUT2D eigenvalue weighted by molar-refractivity contribution is -0.142. The average Bonchev–Trinajstić information content (AvgIpc) is 2.58. The number of benzene rings is 1. The van der Waals surface area contributed by atoms with E-state index in [1.165, 1.54) is 6.08 Å². The molecule has 1 saturated heterocycles. The Kier molecular flexibility index (Phi) is 5.01. The van der Waals surface area contributed by atoms with Crippen LogP contribution in [-0.2, 0) is 9.53 Å². The maximum absolute atomic E-state index is 12.8. The van der Waals surface area contributed by atoms with E-state index < -0.39 is 18.3 Å². The lowest BCUT2D eigenvalue weighted by Gasteiger charge is -2.38. The van der Waals surface area contributed by atoms with Gasteiger partial charge in [0.25, 0.3) is 0 Å². The Bertz CT molecular complexity index is 617. The SMILES string of the molecule is CC1CN(C(=O)C2=C[C@@H](O)[C@@H](O)[C@H](O)C2)CC(c2ccccc2)O1. The summed E-state index contributed by atoms with van der Waals surface area (Å²) < 4.78 is 5.95. The molecule has 130 valence electrons. The van der Waals surface area contributed by atoms with Crippen molar-refractivity contribution in [2.24, 2.45) is 0 Å². The van der Waals surface area contributed by atoms with Gasteiger partial charge in [0.05, 0.1) is 18.8 Å². The molecule has 1 heterocycles. The second-order valence-corrected chi connectivity index (χ2v) is 6.50. The summed E-state index contributed by atoms with van der Waals surface area (Å²) in [5.41, 5.74) is 1.34. The standard InChI is InChI=1S/C18H23NO5/c1-11-9-19(10-16(24-11)12-5-3-2-4-6-12)18(23)13-7-14(20)17(22)15(21)8-13/h2-7,11,14-17,20-22H,8-10H2,1H3/t11?,14-,15-,16?,17-/m1/s1. The molecule has 2 unspecified atom stereocenters. The molecule has 0 saturated carbocycles. The molecule has 0 bridgehead atoms. The zero-order valence-electron chi connectivity index (χ0n) is 13.6. The van der Waals surface area contributed by atoms with Gasteiger partial charge in [0.1, 0.15) is 18.3 Å². The molecule has 1 amide bonds. The topological polar surface area (TPSA) is 90.2 Å². The van der Waals surface area contributed by atoms with Gasteiger partial charge < -0.3 is 25.0 Å². The monoisotopic (exact) mass is 333 g/mol. The second kappa shape index (κ2) is 7.03. The molecule has 5 atom stereocenters. The van der Waals surface area contributed by atoms with Gasteiger partial charge in [-0.1, -0.05) is 30.3 Å². The number of aliphatic hydroxyl groups excluding tert-OH is 3. The highest BCUT2D eigenvalue weighted by atomic mass is 16.5. The number of morpholine rings is 1. The van der Waals surface area contributed by atoms with Gasteiger partial charge in [-0.15, -0.1) is 0 Å². The number of carbonyl (C=O) groups is 1. The molecule has 1 aromatic carbocycles. The minimum absolute atomic E-state index is 0.0405. The third kappa shape index (κ3) is 3.52. The lowest BCUT2D eigenvalue weighted by atomic mass is 9.91. The van der Waals surface area contributed by atoms with E-state index in [0.717, 1.165) is 5.56 Å². The Morgan fingerprint density at radius 1 is 1.17 bits per heavy atom. The van der Waals surface area contributed by atoms with Crippen LogP contribution < -0.4 is 0 Å². The van der Waals surface area contributed by atoms with Crippen LogP contribution in [-0.4, -0.2) is 63.6 Å². The van der Waals surface area contributed by atoms with Crippen molar-refractivity contribution < 1.29 is 24.9 Å². The zero-order chi connectivity index (χ0) is 17.3. The predicted octanol–water partition coefficient (Wildman–Crippen LogP) is 0.388. The van der Waals surface area contributed by atoms with Gasteiger partial charge >= 0.3 is 0 Å². The van der Waals surface area contributed by atoms with Crippen LogP contribution in [0.3, 0.4) is 0 Å². The minimum atomic E-state index is -1.25. The van der Waals surface area contributed by atoms with Crippen LogP contribution in [0.15, 0.2) is 42.0 Å². The summed E-state index contributed by atoms with van der Waals surface area (Å²) in [5, 5.41) is 29.2. The molecule has 1 aromatic rings. The summed E-state index contributed by atoms with van der Waals surface area (Å²) in [6, 6.07) is 9.73. The normalized spacial score (nSPS) is 33.9. The molecule has 1 aliphatic heterocycles. The number of aliphatic hydroxyl groups is 3. The van der Waals surface area contributed by atoms with Crippen molar-refractivity contribution in [1.29, 1.82) is 0 Å². The molecule has 1 aliphatic carbocycles. The molecule has 6 heteroatoms. The smallest absolute Gasteiger partial charge is 0.249 e. The van der Waals surface area contributed by atoms with Crippen LogP contribution in [0.5, 0.6) is 0 Å². The minimum Gasteiger partial charge on any atom is -0.390 e. The van der Waals surface area contributed by atoms with Crippen molar-refractivity contribution in [2.75, 3.05) is 13.1 Å². The van der Waals surface area contributed by atoms with Crippen LogP contribution >= 0.6 is 0 Å². The highest BCUT2D eigenvalue weighted by molar-refractivity contribution is 5.94. The third-order valence-corrected chi connectivity index (χ3v) is 4.54. The van der Waals surface area contributed by atoms with E-state index in [4.69, 9.17) is 4.74 Å². The number of hydrogen-bond donors (Lipinski definition) is 3. The Hall–Kier alpha value is -1.73. The van der Waals surface area contributed by atoms with E-state index in [2.05, 4.69) is 0 Å². The van der Waals surface area contributed by atoms with Gasteiger partial charge in [-0.2, -0.15) is 0 Å². The van der Waals surface area contributed by atoms with E-state index in [9.17, 15) is 20.1 Å². The maximum Gasteiger partial charge on any atom is 0.249 e. The molecule has 0 spiro atoms. The van der Waals surface area contributed by atoms with Crippen LogP contribution in [0.4, 0.5) is 0 Å². The van der Waals surface area contributed by atoms with E-state index in [-0.39, 0.29) is 24.5 Å². The van der Waals surface area contributed by atoms with Crippen molar-refractivity contribution in [2.45, 2.75) is 43.9 Å². The van der Waals surface area contributed by atoms with E-state index >= 15 is 0 Å². The first-order chi connectivity index (χ1) is 11.5. The van der Waals surface area contributed by atoms with Crippen molar-refractivity contribution in [3.05, 3.63) is 47.5 Å². The molecule has 6 nitrogen and oxygen atoms in total. The summed E-state index contributed by atoms with van der Waals surface area (Å²) in [7, 11) is 0. The Morgan fingerprint density at radius 3 is 2.54 bits per heavy atom. The predicted molar refractivity (Wildman–Crippen MR) is 87.0 cm³/mol. The van der Waals surface area contributed by atoms with Crippen LogP contribution in [0.2, 0.25) is 0 Å². The summed E-state index contributed by atoms with van der Waals surface area (Å²) in [4.78, 5) is 14.5. The molecule has 3 N–H and O–H groups in total. The third-order valence-electron chi connectivity index (χ3n) is 4.54. The Balaban J connectivity index is 1.76. The van der Waals surface area contributed by atoms with Gasteiger partial charge in [-0.05, 0) is 18.6 Å². The molecule has 2 aliphatic rings. The first kappa shape index (κ1) is 17.1. The molecule has 24 heavy (non-hydrogen) atoms. The van der Waals surface area contributed by atoms with Crippen molar-refractivity contribution >= 4 is 5.91 Å². The summed E-state index contributed by atoms with van der Waals surface area (Å²) in [6.45, 7) is 2.78. The first-order valence-electron chi connectivity index (χ1n) is 8.20. The fourth-order valence-corrected chi connectivity index (χ4v) is 3.28. The molecule has 0 radical (unpaired) electrons. The molecular formula is C18H23NO5. The van der Waals surface area contributed by atoms with Gasteiger partial charge in [-0.25, -0.2) is 0 Å². The quantitative estimate of drug-likeness (QED) is 0.728. The molecular weight excluding hydrogens is 310 g/mol. The van der Waals surface area contributed by atoms with Crippen molar-refractivity contribution in [3.63, 3.8) is 0 Å². The number of hydrogen-bond acceptors (Lipinski definition) is 5.